The number of terminal acetylenes is 1. The number of hydrogen-bond donors (Lipinski definition) is 2. The van der Waals surface area contributed by atoms with Gasteiger partial charge in [-0.05, 0) is 26.3 Å². The van der Waals surface area contributed by atoms with Crippen LogP contribution in [0.4, 0.5) is 0 Å². The molecule has 0 spiro atoms. The highest BCUT2D eigenvalue weighted by Gasteiger charge is 2.39. The van der Waals surface area contributed by atoms with Gasteiger partial charge in [0.15, 0.2) is 0 Å². The Balaban J connectivity index is 2.55. The molecule has 1 heterocycles. The van der Waals surface area contributed by atoms with E-state index in [2.05, 4.69) is 23.5 Å². The topological polar surface area (TPSA) is 41.1 Å². The molecule has 0 aliphatic carbocycles. The van der Waals surface area contributed by atoms with Crippen LogP contribution in [0.25, 0.3) is 0 Å². The zero-order chi connectivity index (χ0) is 11.3. The maximum atomic E-state index is 12.1. The van der Waals surface area contributed by atoms with Gasteiger partial charge in [0.25, 0.3) is 0 Å². The van der Waals surface area contributed by atoms with Gasteiger partial charge in [0.2, 0.25) is 5.91 Å². The van der Waals surface area contributed by atoms with Gasteiger partial charge in [-0.3, -0.25) is 4.79 Å². The van der Waals surface area contributed by atoms with Gasteiger partial charge in [0, 0.05) is 19.0 Å². The third-order valence-electron chi connectivity index (χ3n) is 3.20. The molecule has 2 unspecified atom stereocenters. The fourth-order valence-corrected chi connectivity index (χ4v) is 2.00. The SMILES string of the molecule is C#CCC(C)NC(=O)C1(CC)CCNC1. The van der Waals surface area contributed by atoms with Crippen LogP contribution in [0.5, 0.6) is 0 Å². The van der Waals surface area contributed by atoms with E-state index in [1.807, 2.05) is 6.92 Å². The Morgan fingerprint density at radius 3 is 2.93 bits per heavy atom. The number of carbonyl (C=O) groups is 1. The van der Waals surface area contributed by atoms with Crippen LogP contribution in [0.15, 0.2) is 0 Å². The molecule has 3 nitrogen and oxygen atoms in total. The summed E-state index contributed by atoms with van der Waals surface area (Å²) in [5, 5.41) is 6.24. The van der Waals surface area contributed by atoms with Gasteiger partial charge in [-0.15, -0.1) is 12.3 Å². The summed E-state index contributed by atoms with van der Waals surface area (Å²) < 4.78 is 0. The third kappa shape index (κ3) is 2.73. The van der Waals surface area contributed by atoms with Crippen molar-refractivity contribution in [1.29, 1.82) is 0 Å². The summed E-state index contributed by atoms with van der Waals surface area (Å²) in [4.78, 5) is 12.1. The molecule has 0 aromatic heterocycles. The molecule has 1 aliphatic heterocycles. The summed E-state index contributed by atoms with van der Waals surface area (Å²) in [7, 11) is 0. The minimum absolute atomic E-state index is 0.0755. The largest absolute Gasteiger partial charge is 0.352 e. The Labute approximate surface area is 92.0 Å². The second-order valence-corrected chi connectivity index (χ2v) is 4.34. The number of nitrogens with one attached hydrogen (secondary N) is 2. The molecule has 0 saturated carbocycles. The minimum atomic E-state index is -0.205. The van der Waals surface area contributed by atoms with Crippen molar-refractivity contribution in [2.24, 2.45) is 5.41 Å². The minimum Gasteiger partial charge on any atom is -0.352 e. The van der Waals surface area contributed by atoms with Crippen LogP contribution in [-0.4, -0.2) is 25.0 Å². The Morgan fingerprint density at radius 2 is 2.47 bits per heavy atom. The lowest BCUT2D eigenvalue weighted by molar-refractivity contribution is -0.130. The molecule has 1 aliphatic rings. The molecule has 0 aromatic rings. The molecule has 0 radical (unpaired) electrons. The zero-order valence-corrected chi connectivity index (χ0v) is 9.60. The smallest absolute Gasteiger partial charge is 0.227 e. The molecule has 15 heavy (non-hydrogen) atoms. The zero-order valence-electron chi connectivity index (χ0n) is 9.60. The molecule has 0 aromatic carbocycles. The first-order valence-electron chi connectivity index (χ1n) is 5.60. The lowest BCUT2D eigenvalue weighted by Crippen LogP contribution is -2.45. The number of hydrogen-bond acceptors (Lipinski definition) is 2. The van der Waals surface area contributed by atoms with Crippen molar-refractivity contribution in [2.75, 3.05) is 13.1 Å². The molecule has 2 N–H and O–H groups in total. The lowest BCUT2D eigenvalue weighted by Gasteiger charge is -2.27. The average Bonchev–Trinajstić information content (AvgIpc) is 2.67. The van der Waals surface area contributed by atoms with E-state index in [1.165, 1.54) is 0 Å². The lowest BCUT2D eigenvalue weighted by atomic mass is 9.83. The fourth-order valence-electron chi connectivity index (χ4n) is 2.00. The highest BCUT2D eigenvalue weighted by Crippen LogP contribution is 2.29. The first kappa shape index (κ1) is 12.1. The maximum absolute atomic E-state index is 12.1. The molecule has 1 rings (SSSR count). The van der Waals surface area contributed by atoms with Crippen molar-refractivity contribution in [3.63, 3.8) is 0 Å². The van der Waals surface area contributed by atoms with Crippen molar-refractivity contribution < 1.29 is 4.79 Å². The summed E-state index contributed by atoms with van der Waals surface area (Å²) >= 11 is 0. The Morgan fingerprint density at radius 1 is 1.73 bits per heavy atom. The molecular weight excluding hydrogens is 188 g/mol. The van der Waals surface area contributed by atoms with Crippen LogP contribution in [0, 0.1) is 17.8 Å². The number of carbonyl (C=O) groups excluding carboxylic acids is 1. The van der Waals surface area contributed by atoms with Gasteiger partial charge in [0.05, 0.1) is 5.41 Å². The van der Waals surface area contributed by atoms with Crippen LogP contribution in [-0.2, 0) is 4.79 Å². The molecule has 3 heteroatoms. The molecule has 84 valence electrons. The van der Waals surface area contributed by atoms with Crippen LogP contribution in [0.1, 0.15) is 33.1 Å². The van der Waals surface area contributed by atoms with Gasteiger partial charge < -0.3 is 10.6 Å². The second kappa shape index (κ2) is 5.18. The van der Waals surface area contributed by atoms with E-state index in [-0.39, 0.29) is 17.4 Å². The normalized spacial score (nSPS) is 27.0. The van der Waals surface area contributed by atoms with Crippen molar-refractivity contribution in [2.45, 2.75) is 39.2 Å². The second-order valence-electron chi connectivity index (χ2n) is 4.34. The first-order chi connectivity index (χ1) is 7.14. The Kier molecular flexibility index (Phi) is 4.16. The molecule has 2 atom stereocenters. The van der Waals surface area contributed by atoms with Crippen molar-refractivity contribution in [3.05, 3.63) is 0 Å². The van der Waals surface area contributed by atoms with Gasteiger partial charge in [0.1, 0.15) is 0 Å². The van der Waals surface area contributed by atoms with Gasteiger partial charge in [-0.25, -0.2) is 0 Å². The Hall–Kier alpha value is -1.01. The summed E-state index contributed by atoms with van der Waals surface area (Å²) in [6.45, 7) is 5.74. The molecule has 1 amide bonds. The van der Waals surface area contributed by atoms with Gasteiger partial charge in [-0.1, -0.05) is 6.92 Å². The van der Waals surface area contributed by atoms with Crippen LogP contribution < -0.4 is 10.6 Å². The summed E-state index contributed by atoms with van der Waals surface area (Å²) in [5.74, 6) is 2.71. The monoisotopic (exact) mass is 208 g/mol. The van der Waals surface area contributed by atoms with Crippen LogP contribution in [0.2, 0.25) is 0 Å². The molecule has 1 fully saturated rings. The summed E-state index contributed by atoms with van der Waals surface area (Å²) in [6, 6.07) is 0.0755. The third-order valence-corrected chi connectivity index (χ3v) is 3.20. The maximum Gasteiger partial charge on any atom is 0.227 e. The van der Waals surface area contributed by atoms with E-state index in [9.17, 15) is 4.79 Å². The van der Waals surface area contributed by atoms with E-state index in [0.717, 1.165) is 25.9 Å². The Bertz CT molecular complexity index is 261. The fraction of sp³-hybridized carbons (Fsp3) is 0.750. The van der Waals surface area contributed by atoms with Crippen molar-refractivity contribution in [1.82, 2.24) is 10.6 Å². The standard InChI is InChI=1S/C12H20N2O/c1-4-6-10(3)14-11(15)12(5-2)7-8-13-9-12/h1,10,13H,5-9H2,2-3H3,(H,14,15). The first-order valence-corrected chi connectivity index (χ1v) is 5.60. The van der Waals surface area contributed by atoms with Gasteiger partial charge in [-0.2, -0.15) is 0 Å². The van der Waals surface area contributed by atoms with E-state index in [1.54, 1.807) is 0 Å². The van der Waals surface area contributed by atoms with Gasteiger partial charge >= 0.3 is 0 Å². The van der Waals surface area contributed by atoms with Crippen molar-refractivity contribution in [3.8, 4) is 12.3 Å². The van der Waals surface area contributed by atoms with Crippen molar-refractivity contribution >= 4 is 5.91 Å². The highest BCUT2D eigenvalue weighted by atomic mass is 16.2. The average molecular weight is 208 g/mol. The number of amides is 1. The highest BCUT2D eigenvalue weighted by molar-refractivity contribution is 5.83. The van der Waals surface area contributed by atoms with E-state index in [0.29, 0.717) is 6.42 Å². The summed E-state index contributed by atoms with van der Waals surface area (Å²) in [6.07, 6.45) is 7.62. The molecule has 0 bridgehead atoms. The molecular formula is C12H20N2O. The predicted octanol–water partition coefficient (Wildman–Crippen LogP) is 0.904. The summed E-state index contributed by atoms with van der Waals surface area (Å²) in [5.41, 5.74) is -0.205. The van der Waals surface area contributed by atoms with Crippen LogP contribution in [0.3, 0.4) is 0 Å². The van der Waals surface area contributed by atoms with E-state index < -0.39 is 0 Å². The van der Waals surface area contributed by atoms with Crippen LogP contribution >= 0.6 is 0 Å². The van der Waals surface area contributed by atoms with E-state index in [4.69, 9.17) is 6.42 Å². The van der Waals surface area contributed by atoms with E-state index >= 15 is 0 Å². The predicted molar refractivity (Wildman–Crippen MR) is 61.3 cm³/mol. The number of rotatable bonds is 4. The quantitative estimate of drug-likeness (QED) is 0.674. The molecule has 1 saturated heterocycles.